The second-order valence-electron chi connectivity index (χ2n) is 13.5. The molecular weight excluding hydrogens is 644 g/mol. The van der Waals surface area contributed by atoms with Gasteiger partial charge in [0.1, 0.15) is 5.82 Å². The van der Waals surface area contributed by atoms with Gasteiger partial charge in [0, 0.05) is 31.0 Å². The third kappa shape index (κ3) is 10.6. The minimum atomic E-state index is -3.95. The average Bonchev–Trinajstić information content (AvgIpc) is 2.98. The number of sulfonamides is 1. The van der Waals surface area contributed by atoms with Gasteiger partial charge in [-0.15, -0.1) is 0 Å². The lowest BCUT2D eigenvalue weighted by atomic mass is 9.86. The Kier molecular flexibility index (Phi) is 13.3. The van der Waals surface area contributed by atoms with Crippen LogP contribution in [0, 0.1) is 17.7 Å². The molecule has 252 valence electrons. The fraction of sp³-hybridized carbons (Fsp3) is 0.528. The number of hydrogen-bond donors (Lipinski definition) is 2. The zero-order valence-electron chi connectivity index (χ0n) is 27.4. The summed E-state index contributed by atoms with van der Waals surface area (Å²) in [5.41, 5.74) is 4.19. The van der Waals surface area contributed by atoms with Crippen LogP contribution in [0.25, 0.3) is 0 Å². The summed E-state index contributed by atoms with van der Waals surface area (Å²) in [6, 6.07) is 11.1. The Morgan fingerprint density at radius 1 is 1.04 bits per heavy atom. The molecule has 3 atom stereocenters. The highest BCUT2D eigenvalue weighted by atomic mass is 35.5. The minimum Gasteiger partial charge on any atom is -0.349 e. The molecule has 1 amide bonds. The van der Waals surface area contributed by atoms with Crippen LogP contribution in [0.5, 0.6) is 0 Å². The van der Waals surface area contributed by atoms with E-state index in [2.05, 4.69) is 60.8 Å². The summed E-state index contributed by atoms with van der Waals surface area (Å²) in [6.45, 7) is 12.4. The molecule has 46 heavy (non-hydrogen) atoms. The van der Waals surface area contributed by atoms with Crippen LogP contribution in [0.4, 0.5) is 4.39 Å². The molecule has 4 rings (SSSR count). The van der Waals surface area contributed by atoms with Crippen LogP contribution in [0.3, 0.4) is 0 Å². The molecule has 2 aliphatic carbocycles. The van der Waals surface area contributed by atoms with Crippen molar-refractivity contribution in [3.63, 3.8) is 0 Å². The summed E-state index contributed by atoms with van der Waals surface area (Å²) >= 11 is 12.2. The molecular formula is C36H48Cl2FN3O3S. The van der Waals surface area contributed by atoms with Crippen molar-refractivity contribution in [1.82, 2.24) is 14.9 Å². The number of halogens is 3. The van der Waals surface area contributed by atoms with Crippen LogP contribution in [0.15, 0.2) is 64.7 Å². The maximum Gasteiger partial charge on any atom is 0.222 e. The van der Waals surface area contributed by atoms with E-state index in [1.807, 2.05) is 0 Å². The van der Waals surface area contributed by atoms with Crippen LogP contribution < -0.4 is 10.0 Å². The van der Waals surface area contributed by atoms with E-state index >= 15 is 0 Å². The number of hydrogen-bond acceptors (Lipinski definition) is 4. The second kappa shape index (κ2) is 16.7. The molecule has 0 aromatic heterocycles. The van der Waals surface area contributed by atoms with Crippen molar-refractivity contribution in [3.05, 3.63) is 92.8 Å². The Hall–Kier alpha value is -2.23. The highest BCUT2D eigenvalue weighted by Crippen LogP contribution is 2.32. The molecule has 6 nitrogen and oxygen atoms in total. The van der Waals surface area contributed by atoms with Gasteiger partial charge in [0.05, 0.1) is 22.4 Å². The number of rotatable bonds is 15. The molecule has 0 heterocycles. The van der Waals surface area contributed by atoms with Gasteiger partial charge < -0.3 is 10.2 Å². The first-order chi connectivity index (χ1) is 21.8. The van der Waals surface area contributed by atoms with Crippen molar-refractivity contribution >= 4 is 39.1 Å². The van der Waals surface area contributed by atoms with Crippen molar-refractivity contribution in [2.45, 2.75) is 90.0 Å². The second-order valence-corrected chi connectivity index (χ2v) is 16.3. The lowest BCUT2D eigenvalue weighted by molar-refractivity contribution is -0.122. The van der Waals surface area contributed by atoms with Gasteiger partial charge in [-0.3, -0.25) is 4.79 Å². The number of allylic oxidation sites excluding steroid dienone is 3. The summed E-state index contributed by atoms with van der Waals surface area (Å²) in [5.74, 6) is 0.560. The zero-order valence-corrected chi connectivity index (χ0v) is 29.7. The number of aryl methyl sites for hydroxylation is 2. The minimum absolute atomic E-state index is 0.0313. The summed E-state index contributed by atoms with van der Waals surface area (Å²) in [7, 11) is -3.95. The van der Waals surface area contributed by atoms with Gasteiger partial charge in [-0.2, -0.15) is 0 Å². The van der Waals surface area contributed by atoms with E-state index in [0.29, 0.717) is 22.4 Å². The topological polar surface area (TPSA) is 78.5 Å². The van der Waals surface area contributed by atoms with Crippen molar-refractivity contribution < 1.29 is 17.6 Å². The van der Waals surface area contributed by atoms with E-state index in [1.165, 1.54) is 47.5 Å². The first kappa shape index (κ1) is 36.6. The van der Waals surface area contributed by atoms with Crippen molar-refractivity contribution in [2.24, 2.45) is 11.8 Å². The smallest absolute Gasteiger partial charge is 0.222 e. The lowest BCUT2D eigenvalue weighted by Gasteiger charge is -2.29. The molecule has 0 bridgehead atoms. The Bertz CT molecular complexity index is 1500. The first-order valence-electron chi connectivity index (χ1n) is 16.4. The summed E-state index contributed by atoms with van der Waals surface area (Å²) in [4.78, 5) is 16.0. The van der Waals surface area contributed by atoms with Gasteiger partial charge in [0.15, 0.2) is 0 Å². The Morgan fingerprint density at radius 3 is 2.39 bits per heavy atom. The third-order valence-corrected chi connectivity index (χ3v) is 11.0. The van der Waals surface area contributed by atoms with E-state index in [-0.39, 0.29) is 29.8 Å². The monoisotopic (exact) mass is 691 g/mol. The van der Waals surface area contributed by atoms with Crippen LogP contribution in [-0.2, 0) is 27.7 Å². The number of amides is 1. The molecule has 10 heteroatoms. The number of benzene rings is 2. The Balaban J connectivity index is 1.41. The van der Waals surface area contributed by atoms with Gasteiger partial charge in [0.25, 0.3) is 0 Å². The number of carbonyl (C=O) groups excluding carboxylic acids is 1. The molecule has 0 fully saturated rings. The predicted molar refractivity (Wildman–Crippen MR) is 187 cm³/mol. The molecule has 2 aromatic carbocycles. The number of nitrogens with one attached hydrogen (secondary N) is 2. The molecule has 0 spiro atoms. The van der Waals surface area contributed by atoms with Gasteiger partial charge in [-0.05, 0) is 90.9 Å². The Labute approximate surface area is 284 Å². The normalized spacial score (nSPS) is 19.2. The quantitative estimate of drug-likeness (QED) is 0.199. The van der Waals surface area contributed by atoms with Gasteiger partial charge >= 0.3 is 0 Å². The molecule has 1 unspecified atom stereocenters. The standard InChI is InChI=1S/C36H48Cl2FN3O3S/c1-24(2)22-42(23-25(3)4)18-6-7-26-10-16-31-28(19-26)8-5-9-34(31)40-36(43)21-35(27-11-13-29(39)14-12-27)41-46(44,45)30-15-17-32(37)33(38)20-30/h10-17,19,24-25,30,34-35,41H,5-9,18,20-23H2,1-4H3,(H,40,43)/t30?,34-,35-/m1/s1. The van der Waals surface area contributed by atoms with Gasteiger partial charge in [-0.1, -0.05) is 87.3 Å². The SMILES string of the molecule is CC(C)CN(CCCc1ccc2c(c1)CCC[C@H]2NC(=O)C[C@@H](NS(=O)(=O)C1C=CC(Cl)=C(Cl)C1)c1ccc(F)cc1)CC(C)C. The van der Waals surface area contributed by atoms with Crippen LogP contribution in [0.2, 0.25) is 0 Å². The van der Waals surface area contributed by atoms with Crippen LogP contribution in [0.1, 0.15) is 94.1 Å². The van der Waals surface area contributed by atoms with Crippen molar-refractivity contribution in [2.75, 3.05) is 19.6 Å². The molecule has 0 saturated heterocycles. The molecule has 0 aliphatic heterocycles. The molecule has 2 aliphatic rings. The van der Waals surface area contributed by atoms with E-state index in [9.17, 15) is 17.6 Å². The van der Waals surface area contributed by atoms with Crippen LogP contribution in [-0.4, -0.2) is 44.1 Å². The molecule has 0 saturated carbocycles. The summed E-state index contributed by atoms with van der Waals surface area (Å²) in [5, 5.41) is 2.78. The molecule has 0 radical (unpaired) electrons. The maximum absolute atomic E-state index is 13.7. The predicted octanol–water partition coefficient (Wildman–Crippen LogP) is 7.93. The highest BCUT2D eigenvalue weighted by molar-refractivity contribution is 7.90. The van der Waals surface area contributed by atoms with Crippen LogP contribution >= 0.6 is 23.2 Å². The average molecular weight is 693 g/mol. The fourth-order valence-electron chi connectivity index (χ4n) is 6.45. The van der Waals surface area contributed by atoms with Gasteiger partial charge in [-0.25, -0.2) is 17.5 Å². The van der Waals surface area contributed by atoms with E-state index < -0.39 is 27.1 Å². The van der Waals surface area contributed by atoms with Crippen molar-refractivity contribution in [3.8, 4) is 0 Å². The van der Waals surface area contributed by atoms with Gasteiger partial charge in [0.2, 0.25) is 15.9 Å². The maximum atomic E-state index is 13.7. The summed E-state index contributed by atoms with van der Waals surface area (Å²) < 4.78 is 43.2. The lowest BCUT2D eigenvalue weighted by Crippen LogP contribution is -2.39. The van der Waals surface area contributed by atoms with E-state index in [0.717, 1.165) is 57.3 Å². The number of carbonyl (C=O) groups is 1. The van der Waals surface area contributed by atoms with E-state index in [1.54, 1.807) is 0 Å². The number of nitrogens with zero attached hydrogens (tertiary/aromatic N) is 1. The largest absolute Gasteiger partial charge is 0.349 e. The third-order valence-electron chi connectivity index (χ3n) is 8.51. The zero-order chi connectivity index (χ0) is 33.4. The number of fused-ring (bicyclic) bond motifs is 1. The first-order valence-corrected chi connectivity index (χ1v) is 18.7. The van der Waals surface area contributed by atoms with Crippen molar-refractivity contribution in [1.29, 1.82) is 0 Å². The Morgan fingerprint density at radius 2 is 1.74 bits per heavy atom. The summed E-state index contributed by atoms with van der Waals surface area (Å²) in [6.07, 6.45) is 7.69. The molecule has 2 aromatic rings. The fourth-order valence-corrected chi connectivity index (χ4v) is 8.39. The van der Waals surface area contributed by atoms with E-state index in [4.69, 9.17) is 23.2 Å². The molecule has 2 N–H and O–H groups in total. The highest BCUT2D eigenvalue weighted by Gasteiger charge is 2.31.